The van der Waals surface area contributed by atoms with E-state index in [2.05, 4.69) is 10.1 Å². The topological polar surface area (TPSA) is 47.6 Å². The van der Waals surface area contributed by atoms with Crippen LogP contribution in [-0.2, 0) is 16.1 Å². The molecule has 2 rings (SSSR count). The van der Waals surface area contributed by atoms with E-state index in [0.717, 1.165) is 12.8 Å². The van der Waals surface area contributed by atoms with Gasteiger partial charge in [0.1, 0.15) is 6.61 Å². The minimum atomic E-state index is -4.35. The van der Waals surface area contributed by atoms with Crippen LogP contribution in [0.15, 0.2) is 24.3 Å². The molecule has 22 heavy (non-hydrogen) atoms. The molecule has 0 spiro atoms. The van der Waals surface area contributed by atoms with E-state index in [1.165, 1.54) is 6.07 Å². The van der Waals surface area contributed by atoms with Crippen LogP contribution < -0.4 is 5.32 Å². The van der Waals surface area contributed by atoms with Gasteiger partial charge in [-0.2, -0.15) is 13.2 Å². The molecule has 1 fully saturated rings. The lowest BCUT2D eigenvalue weighted by Crippen LogP contribution is -2.31. The van der Waals surface area contributed by atoms with E-state index in [0.29, 0.717) is 24.3 Å². The summed E-state index contributed by atoms with van der Waals surface area (Å²) in [5.74, 6) is -0.270. The van der Waals surface area contributed by atoms with E-state index in [-0.39, 0.29) is 18.6 Å². The number of hydrogen-bond donors (Lipinski definition) is 1. The van der Waals surface area contributed by atoms with E-state index in [1.807, 2.05) is 0 Å². The van der Waals surface area contributed by atoms with Crippen molar-refractivity contribution in [3.8, 4) is 0 Å². The molecule has 4 nitrogen and oxygen atoms in total. The Morgan fingerprint density at radius 1 is 1.41 bits per heavy atom. The Bertz CT molecular complexity index is 499. The second kappa shape index (κ2) is 7.60. The van der Waals surface area contributed by atoms with Crippen molar-refractivity contribution >= 4 is 5.91 Å². The quantitative estimate of drug-likeness (QED) is 0.877. The molecule has 7 heteroatoms. The molecule has 1 aliphatic heterocycles. The first kappa shape index (κ1) is 16.8. The summed E-state index contributed by atoms with van der Waals surface area (Å²) in [6.45, 7) is -0.338. The minimum Gasteiger partial charge on any atom is -0.376 e. The van der Waals surface area contributed by atoms with Gasteiger partial charge >= 0.3 is 6.18 Å². The average molecular weight is 317 g/mol. The van der Waals surface area contributed by atoms with E-state index in [4.69, 9.17) is 4.74 Å². The van der Waals surface area contributed by atoms with Crippen LogP contribution in [0.4, 0.5) is 13.2 Å². The molecule has 1 atom stereocenters. The van der Waals surface area contributed by atoms with E-state index >= 15 is 0 Å². The summed E-state index contributed by atoms with van der Waals surface area (Å²) in [7, 11) is 0. The SMILES string of the molecule is O=C(NC[C@H]1CCCO1)c1cccc(COCC(F)(F)F)c1. The average Bonchev–Trinajstić information content (AvgIpc) is 2.97. The molecule has 1 aliphatic rings. The molecule has 0 radical (unpaired) electrons. The van der Waals surface area contributed by atoms with Gasteiger partial charge in [-0.3, -0.25) is 4.79 Å². The van der Waals surface area contributed by atoms with Crippen LogP contribution in [-0.4, -0.2) is 37.9 Å². The summed E-state index contributed by atoms with van der Waals surface area (Å²) in [5.41, 5.74) is 0.917. The molecule has 1 saturated heterocycles. The molecule has 0 saturated carbocycles. The van der Waals surface area contributed by atoms with E-state index in [9.17, 15) is 18.0 Å². The van der Waals surface area contributed by atoms with Crippen LogP contribution in [0.1, 0.15) is 28.8 Å². The maximum absolute atomic E-state index is 12.0. The molecule has 1 heterocycles. The molecule has 0 aliphatic carbocycles. The number of carbonyl (C=O) groups is 1. The second-order valence-corrected chi connectivity index (χ2v) is 5.15. The fourth-order valence-electron chi connectivity index (χ4n) is 2.20. The lowest BCUT2D eigenvalue weighted by molar-refractivity contribution is -0.176. The Labute approximate surface area is 126 Å². The number of carbonyl (C=O) groups excluding carboxylic acids is 1. The predicted octanol–water partition coefficient (Wildman–Crippen LogP) is 2.67. The van der Waals surface area contributed by atoms with Crippen molar-refractivity contribution in [2.45, 2.75) is 31.7 Å². The number of hydrogen-bond acceptors (Lipinski definition) is 3. The lowest BCUT2D eigenvalue weighted by Gasteiger charge is -2.11. The smallest absolute Gasteiger partial charge is 0.376 e. The van der Waals surface area contributed by atoms with E-state index in [1.54, 1.807) is 18.2 Å². The van der Waals surface area contributed by atoms with Crippen LogP contribution in [0.5, 0.6) is 0 Å². The molecular weight excluding hydrogens is 299 g/mol. The third-order valence-electron chi connectivity index (χ3n) is 3.24. The molecule has 0 bridgehead atoms. The van der Waals surface area contributed by atoms with Crippen LogP contribution in [0, 0.1) is 0 Å². The highest BCUT2D eigenvalue weighted by molar-refractivity contribution is 5.94. The van der Waals surface area contributed by atoms with Gasteiger partial charge in [-0.1, -0.05) is 12.1 Å². The summed E-state index contributed by atoms with van der Waals surface area (Å²) in [5, 5.41) is 2.76. The summed E-state index contributed by atoms with van der Waals surface area (Å²) in [6, 6.07) is 6.37. The van der Waals surface area contributed by atoms with Gasteiger partial charge in [0.2, 0.25) is 0 Å². The van der Waals surface area contributed by atoms with Crippen molar-refractivity contribution in [1.29, 1.82) is 0 Å². The minimum absolute atomic E-state index is 0.0438. The van der Waals surface area contributed by atoms with Gasteiger partial charge < -0.3 is 14.8 Å². The number of ether oxygens (including phenoxy) is 2. The third-order valence-corrected chi connectivity index (χ3v) is 3.24. The van der Waals surface area contributed by atoms with Crippen molar-refractivity contribution in [3.05, 3.63) is 35.4 Å². The third kappa shape index (κ3) is 5.65. The fraction of sp³-hybridized carbons (Fsp3) is 0.533. The Kier molecular flexibility index (Phi) is 5.79. The van der Waals surface area contributed by atoms with Crippen molar-refractivity contribution < 1.29 is 27.4 Å². The number of nitrogens with one attached hydrogen (secondary N) is 1. The van der Waals surface area contributed by atoms with Crippen molar-refractivity contribution in [1.82, 2.24) is 5.32 Å². The maximum Gasteiger partial charge on any atom is 0.411 e. The zero-order chi connectivity index (χ0) is 16.0. The van der Waals surface area contributed by atoms with E-state index < -0.39 is 12.8 Å². The Balaban J connectivity index is 1.82. The molecular formula is C15H18F3NO3. The molecule has 1 aromatic carbocycles. The maximum atomic E-state index is 12.0. The molecule has 1 N–H and O–H groups in total. The number of amides is 1. The number of benzene rings is 1. The van der Waals surface area contributed by atoms with Crippen LogP contribution in [0.25, 0.3) is 0 Å². The van der Waals surface area contributed by atoms with Gasteiger partial charge in [0.25, 0.3) is 5.91 Å². The zero-order valence-corrected chi connectivity index (χ0v) is 12.0. The molecule has 0 aromatic heterocycles. The zero-order valence-electron chi connectivity index (χ0n) is 12.0. The number of halogens is 3. The Morgan fingerprint density at radius 2 is 2.23 bits per heavy atom. The Hall–Kier alpha value is -1.60. The molecule has 1 aromatic rings. The molecule has 0 unspecified atom stereocenters. The van der Waals surface area contributed by atoms with Crippen molar-refractivity contribution in [3.63, 3.8) is 0 Å². The van der Waals surface area contributed by atoms with Gasteiger partial charge in [-0.15, -0.1) is 0 Å². The first-order valence-corrected chi connectivity index (χ1v) is 7.07. The fourth-order valence-corrected chi connectivity index (χ4v) is 2.20. The highest BCUT2D eigenvalue weighted by atomic mass is 19.4. The first-order chi connectivity index (χ1) is 10.4. The summed E-state index contributed by atoms with van der Waals surface area (Å²) in [6.07, 6.45) is -2.39. The monoisotopic (exact) mass is 317 g/mol. The number of alkyl halides is 3. The Morgan fingerprint density at radius 3 is 2.91 bits per heavy atom. The van der Waals surface area contributed by atoms with Crippen LogP contribution >= 0.6 is 0 Å². The standard InChI is InChI=1S/C15H18F3NO3/c16-15(17,18)10-21-9-11-3-1-4-12(7-11)14(20)19-8-13-5-2-6-22-13/h1,3-4,7,13H,2,5-6,8-10H2,(H,19,20)/t13-/m1/s1. The van der Waals surface area contributed by atoms with Gasteiger partial charge in [0.05, 0.1) is 12.7 Å². The molecule has 1 amide bonds. The van der Waals surface area contributed by atoms with Crippen LogP contribution in [0.2, 0.25) is 0 Å². The predicted molar refractivity (Wildman–Crippen MR) is 73.5 cm³/mol. The largest absolute Gasteiger partial charge is 0.411 e. The lowest BCUT2D eigenvalue weighted by atomic mass is 10.1. The van der Waals surface area contributed by atoms with Gasteiger partial charge in [-0.25, -0.2) is 0 Å². The summed E-state index contributed by atoms with van der Waals surface area (Å²) < 4.78 is 46.0. The van der Waals surface area contributed by atoms with Crippen molar-refractivity contribution in [2.75, 3.05) is 19.8 Å². The van der Waals surface area contributed by atoms with Gasteiger partial charge in [0, 0.05) is 18.7 Å². The number of rotatable bonds is 6. The first-order valence-electron chi connectivity index (χ1n) is 7.07. The normalized spacial score (nSPS) is 18.4. The highest BCUT2D eigenvalue weighted by Gasteiger charge is 2.27. The van der Waals surface area contributed by atoms with Gasteiger partial charge in [0.15, 0.2) is 0 Å². The second-order valence-electron chi connectivity index (χ2n) is 5.15. The van der Waals surface area contributed by atoms with Crippen LogP contribution in [0.3, 0.4) is 0 Å². The summed E-state index contributed by atoms with van der Waals surface area (Å²) in [4.78, 5) is 12.0. The molecule has 122 valence electrons. The van der Waals surface area contributed by atoms with Gasteiger partial charge in [-0.05, 0) is 30.5 Å². The van der Waals surface area contributed by atoms with Crippen molar-refractivity contribution in [2.24, 2.45) is 0 Å². The summed E-state index contributed by atoms with van der Waals surface area (Å²) >= 11 is 0. The highest BCUT2D eigenvalue weighted by Crippen LogP contribution is 2.16.